The number of rotatable bonds is 4. The van der Waals surface area contributed by atoms with E-state index < -0.39 is 0 Å². The van der Waals surface area contributed by atoms with Crippen LogP contribution in [0.3, 0.4) is 0 Å². The molecule has 0 saturated carbocycles. The maximum Gasteiger partial charge on any atom is 0.266 e. The van der Waals surface area contributed by atoms with Gasteiger partial charge in [-0.15, -0.1) is 6.58 Å². The Hall–Kier alpha value is -1.38. The van der Waals surface area contributed by atoms with E-state index >= 15 is 0 Å². The largest absolute Gasteiger partial charge is 0.457 e. The van der Waals surface area contributed by atoms with Gasteiger partial charge < -0.3 is 4.42 Å². The molecule has 1 saturated heterocycles. The third kappa shape index (κ3) is 3.59. The average Bonchev–Trinajstić information content (AvgIpc) is 3.09. The van der Waals surface area contributed by atoms with E-state index in [4.69, 9.17) is 16.6 Å². The quantitative estimate of drug-likeness (QED) is 0.284. The Labute approximate surface area is 157 Å². The van der Waals surface area contributed by atoms with Gasteiger partial charge in [-0.3, -0.25) is 9.69 Å². The fraction of sp³-hybridized carbons (Fsp3) is 0.0588. The molecule has 0 spiro atoms. The van der Waals surface area contributed by atoms with Crippen molar-refractivity contribution in [2.24, 2.45) is 0 Å². The van der Waals surface area contributed by atoms with Crippen molar-refractivity contribution in [3.8, 4) is 11.3 Å². The lowest BCUT2D eigenvalue weighted by Gasteiger charge is -2.10. The lowest BCUT2D eigenvalue weighted by Crippen LogP contribution is -2.27. The first-order valence-corrected chi connectivity index (χ1v) is 9.11. The van der Waals surface area contributed by atoms with E-state index in [0.29, 0.717) is 21.5 Å². The molecule has 1 aliphatic rings. The fourth-order valence-corrected chi connectivity index (χ4v) is 3.73. The Morgan fingerprint density at radius 1 is 1.26 bits per heavy atom. The first kappa shape index (κ1) is 16.5. The molecule has 1 aromatic heterocycles. The molecule has 3 rings (SSSR count). The number of carbonyl (C=O) groups is 1. The van der Waals surface area contributed by atoms with E-state index in [9.17, 15) is 4.79 Å². The van der Waals surface area contributed by atoms with E-state index in [1.165, 1.54) is 20.2 Å². The van der Waals surface area contributed by atoms with Crippen molar-refractivity contribution in [2.75, 3.05) is 6.54 Å². The number of nitrogens with zero attached hydrogens (tertiary/aromatic N) is 1. The summed E-state index contributed by atoms with van der Waals surface area (Å²) in [4.78, 5) is 14.4. The molecule has 1 fully saturated rings. The van der Waals surface area contributed by atoms with Gasteiger partial charge in [0.15, 0.2) is 0 Å². The number of thiocarbonyl (C=S) groups is 1. The van der Waals surface area contributed by atoms with Gasteiger partial charge in [-0.05, 0) is 46.9 Å². The predicted octanol–water partition coefficient (Wildman–Crippen LogP) is 4.94. The standard InChI is InChI=1S/C17H12INO2S2/c1-2-9-19-16(20)15(23-17(19)22)10-13-7-8-14(21-13)11-3-5-12(18)6-4-11/h2-8,10H,1,9H2. The van der Waals surface area contributed by atoms with Crippen molar-refractivity contribution in [1.29, 1.82) is 0 Å². The first-order valence-electron chi connectivity index (χ1n) is 6.80. The summed E-state index contributed by atoms with van der Waals surface area (Å²) in [6.45, 7) is 4.07. The van der Waals surface area contributed by atoms with Crippen molar-refractivity contribution < 1.29 is 9.21 Å². The lowest BCUT2D eigenvalue weighted by atomic mass is 10.2. The number of furan rings is 1. The van der Waals surface area contributed by atoms with Gasteiger partial charge in [-0.1, -0.05) is 42.2 Å². The molecule has 1 aromatic carbocycles. The van der Waals surface area contributed by atoms with E-state index in [0.717, 1.165) is 11.3 Å². The summed E-state index contributed by atoms with van der Waals surface area (Å²) < 4.78 is 7.54. The summed E-state index contributed by atoms with van der Waals surface area (Å²) in [7, 11) is 0. The van der Waals surface area contributed by atoms with E-state index in [2.05, 4.69) is 29.2 Å². The molecule has 3 nitrogen and oxygen atoms in total. The Kier molecular flexibility index (Phi) is 5.03. The van der Waals surface area contributed by atoms with E-state index in [1.54, 1.807) is 12.2 Å². The van der Waals surface area contributed by atoms with Crippen LogP contribution in [0.2, 0.25) is 0 Å². The molecule has 0 N–H and O–H groups in total. The van der Waals surface area contributed by atoms with Crippen LogP contribution < -0.4 is 0 Å². The van der Waals surface area contributed by atoms with Crippen LogP contribution in [0.25, 0.3) is 17.4 Å². The van der Waals surface area contributed by atoms with Gasteiger partial charge in [0.2, 0.25) is 0 Å². The number of thioether (sulfide) groups is 1. The predicted molar refractivity (Wildman–Crippen MR) is 107 cm³/mol. The normalized spacial score (nSPS) is 16.4. The highest BCUT2D eigenvalue weighted by Crippen LogP contribution is 2.33. The van der Waals surface area contributed by atoms with Crippen LogP contribution in [0.15, 0.2) is 58.4 Å². The van der Waals surface area contributed by atoms with Crippen LogP contribution in [0, 0.1) is 3.57 Å². The smallest absolute Gasteiger partial charge is 0.266 e. The second-order valence-corrected chi connectivity index (χ2v) is 7.71. The highest BCUT2D eigenvalue weighted by atomic mass is 127. The van der Waals surface area contributed by atoms with Crippen LogP contribution in [-0.2, 0) is 4.79 Å². The summed E-state index contributed by atoms with van der Waals surface area (Å²) in [6, 6.07) is 11.8. The summed E-state index contributed by atoms with van der Waals surface area (Å²) in [5.74, 6) is 1.30. The maximum absolute atomic E-state index is 12.3. The Bertz CT molecular complexity index is 808. The summed E-state index contributed by atoms with van der Waals surface area (Å²) in [5, 5.41) is 0. The number of hydrogen-bond acceptors (Lipinski definition) is 4. The number of hydrogen-bond donors (Lipinski definition) is 0. The molecule has 0 radical (unpaired) electrons. The first-order chi connectivity index (χ1) is 11.1. The minimum atomic E-state index is -0.105. The molecule has 116 valence electrons. The Balaban J connectivity index is 1.84. The molecule has 1 aliphatic heterocycles. The molecule has 2 heterocycles. The number of amides is 1. The summed E-state index contributed by atoms with van der Waals surface area (Å²) in [5.41, 5.74) is 1.00. The molecule has 0 unspecified atom stereocenters. The molecule has 0 bridgehead atoms. The zero-order chi connectivity index (χ0) is 16.4. The molecule has 1 amide bonds. The van der Waals surface area contributed by atoms with Gasteiger partial charge in [0.25, 0.3) is 5.91 Å². The van der Waals surface area contributed by atoms with Crippen molar-refractivity contribution in [3.05, 3.63) is 63.3 Å². The van der Waals surface area contributed by atoms with Crippen LogP contribution in [0.1, 0.15) is 5.76 Å². The van der Waals surface area contributed by atoms with Crippen LogP contribution in [0.4, 0.5) is 0 Å². The van der Waals surface area contributed by atoms with Gasteiger partial charge >= 0.3 is 0 Å². The molecular weight excluding hydrogens is 441 g/mol. The third-order valence-electron chi connectivity index (χ3n) is 3.21. The van der Waals surface area contributed by atoms with Gasteiger partial charge in [0.1, 0.15) is 15.8 Å². The molecule has 0 aliphatic carbocycles. The topological polar surface area (TPSA) is 33.5 Å². The van der Waals surface area contributed by atoms with Gasteiger partial charge in [0.05, 0.1) is 4.91 Å². The third-order valence-corrected chi connectivity index (χ3v) is 5.31. The molecule has 2 aromatic rings. The second-order valence-electron chi connectivity index (χ2n) is 4.79. The van der Waals surface area contributed by atoms with Crippen molar-refractivity contribution in [3.63, 3.8) is 0 Å². The average molecular weight is 453 g/mol. The van der Waals surface area contributed by atoms with Crippen LogP contribution >= 0.6 is 46.6 Å². The lowest BCUT2D eigenvalue weighted by molar-refractivity contribution is -0.121. The zero-order valence-corrected chi connectivity index (χ0v) is 15.8. The van der Waals surface area contributed by atoms with Crippen molar-refractivity contribution in [2.45, 2.75) is 0 Å². The Morgan fingerprint density at radius 2 is 2.00 bits per heavy atom. The second kappa shape index (κ2) is 7.02. The summed E-state index contributed by atoms with van der Waals surface area (Å²) in [6.07, 6.45) is 3.40. The molecule has 6 heteroatoms. The van der Waals surface area contributed by atoms with Crippen LogP contribution in [-0.4, -0.2) is 21.7 Å². The highest BCUT2D eigenvalue weighted by Gasteiger charge is 2.31. The number of benzene rings is 1. The Morgan fingerprint density at radius 3 is 2.70 bits per heavy atom. The zero-order valence-electron chi connectivity index (χ0n) is 12.0. The van der Waals surface area contributed by atoms with Crippen molar-refractivity contribution in [1.82, 2.24) is 4.90 Å². The van der Waals surface area contributed by atoms with Gasteiger partial charge in [-0.25, -0.2) is 0 Å². The fourth-order valence-electron chi connectivity index (χ4n) is 2.12. The van der Waals surface area contributed by atoms with Gasteiger partial charge in [-0.2, -0.15) is 0 Å². The van der Waals surface area contributed by atoms with Crippen molar-refractivity contribution >= 4 is 62.9 Å². The van der Waals surface area contributed by atoms with E-state index in [1.807, 2.05) is 36.4 Å². The maximum atomic E-state index is 12.3. The minimum absolute atomic E-state index is 0.105. The SMILES string of the molecule is C=CCN1C(=O)C(=Cc2ccc(-c3ccc(I)cc3)o2)SC1=S. The number of halogens is 1. The monoisotopic (exact) mass is 453 g/mol. The summed E-state index contributed by atoms with van der Waals surface area (Å²) >= 11 is 8.76. The molecule has 0 atom stereocenters. The highest BCUT2D eigenvalue weighted by molar-refractivity contribution is 14.1. The minimum Gasteiger partial charge on any atom is -0.457 e. The van der Waals surface area contributed by atoms with Crippen LogP contribution in [0.5, 0.6) is 0 Å². The van der Waals surface area contributed by atoms with E-state index in [-0.39, 0.29) is 5.91 Å². The van der Waals surface area contributed by atoms with Gasteiger partial charge in [0, 0.05) is 21.8 Å². The molecule has 23 heavy (non-hydrogen) atoms. The molecular formula is C17H12INO2S2. The number of carbonyl (C=O) groups excluding carboxylic acids is 1.